The summed E-state index contributed by atoms with van der Waals surface area (Å²) in [5.74, 6) is -0.117. The third-order valence-corrected chi connectivity index (χ3v) is 1.91. The fourth-order valence-electron chi connectivity index (χ4n) is 1.22. The molecule has 0 aliphatic rings. The molecule has 6 heteroatoms. The molecule has 0 fully saturated rings. The Balaban J connectivity index is 2.42. The first kappa shape index (κ1) is 10.6. The van der Waals surface area contributed by atoms with Crippen LogP contribution in [0.25, 0.3) is 0 Å². The molecule has 1 aromatic heterocycles. The van der Waals surface area contributed by atoms with E-state index in [4.69, 9.17) is 5.11 Å². The molecule has 0 aromatic carbocycles. The van der Waals surface area contributed by atoms with Gasteiger partial charge in [-0.2, -0.15) is 0 Å². The lowest BCUT2D eigenvalue weighted by molar-refractivity contribution is -0.396. The van der Waals surface area contributed by atoms with Gasteiger partial charge in [-0.1, -0.05) is 4.98 Å². The van der Waals surface area contributed by atoms with Crippen LogP contribution in [0.4, 0.5) is 5.95 Å². The Hall–Kier alpha value is -1.43. The second-order valence-corrected chi connectivity index (χ2v) is 2.96. The number of nitrogens with zero attached hydrogens (tertiary/aromatic N) is 3. The summed E-state index contributed by atoms with van der Waals surface area (Å²) in [6.45, 7) is 0.752. The Bertz CT molecular complexity index is 298. The molecule has 0 atom stereocenters. The van der Waals surface area contributed by atoms with Gasteiger partial charge in [-0.15, -0.1) is 0 Å². The zero-order valence-electron chi connectivity index (χ0n) is 7.80. The number of aryl methyl sites for hydroxylation is 1. The highest BCUT2D eigenvalue weighted by atomic mass is 16.6. The summed E-state index contributed by atoms with van der Waals surface area (Å²) in [7, 11) is 0. The molecule has 0 bridgehead atoms. The maximum absolute atomic E-state index is 10.5. The molecule has 0 radical (unpaired) electrons. The number of nitro groups is 1. The van der Waals surface area contributed by atoms with Crippen molar-refractivity contribution in [1.29, 1.82) is 0 Å². The monoisotopic (exact) mass is 199 g/mol. The van der Waals surface area contributed by atoms with Crippen LogP contribution >= 0.6 is 0 Å². The van der Waals surface area contributed by atoms with Crippen LogP contribution in [0.1, 0.15) is 19.3 Å². The average molecular weight is 199 g/mol. The van der Waals surface area contributed by atoms with Crippen molar-refractivity contribution < 1.29 is 10.0 Å². The van der Waals surface area contributed by atoms with Crippen molar-refractivity contribution in [3.05, 3.63) is 22.5 Å². The van der Waals surface area contributed by atoms with E-state index in [1.807, 2.05) is 0 Å². The van der Waals surface area contributed by atoms with E-state index in [9.17, 15) is 10.1 Å². The number of rotatable bonds is 6. The van der Waals surface area contributed by atoms with Crippen molar-refractivity contribution in [3.63, 3.8) is 0 Å². The summed E-state index contributed by atoms with van der Waals surface area (Å²) in [4.78, 5) is 13.6. The molecule has 0 saturated heterocycles. The van der Waals surface area contributed by atoms with Gasteiger partial charge in [-0.05, 0) is 24.2 Å². The first-order chi connectivity index (χ1) is 6.75. The Morgan fingerprint density at radius 1 is 1.50 bits per heavy atom. The van der Waals surface area contributed by atoms with Gasteiger partial charge in [0.15, 0.2) is 0 Å². The van der Waals surface area contributed by atoms with E-state index < -0.39 is 4.92 Å². The highest BCUT2D eigenvalue weighted by Gasteiger charge is 2.12. The van der Waals surface area contributed by atoms with Gasteiger partial charge in [0.05, 0.1) is 6.54 Å². The quantitative estimate of drug-likeness (QED) is 0.420. The van der Waals surface area contributed by atoms with Gasteiger partial charge in [0, 0.05) is 6.61 Å². The van der Waals surface area contributed by atoms with Gasteiger partial charge in [-0.3, -0.25) is 0 Å². The molecule has 0 saturated carbocycles. The van der Waals surface area contributed by atoms with Crippen molar-refractivity contribution in [2.24, 2.45) is 0 Å². The maximum atomic E-state index is 10.5. The van der Waals surface area contributed by atoms with Crippen LogP contribution in [0, 0.1) is 10.1 Å². The van der Waals surface area contributed by atoms with E-state index in [0.717, 1.165) is 19.3 Å². The van der Waals surface area contributed by atoms with Crippen LogP contribution in [0.2, 0.25) is 0 Å². The number of aromatic nitrogens is 2. The van der Waals surface area contributed by atoms with E-state index >= 15 is 0 Å². The average Bonchev–Trinajstić information content (AvgIpc) is 2.60. The molecule has 1 heterocycles. The topological polar surface area (TPSA) is 81.2 Å². The number of unbranched alkanes of at least 4 members (excludes halogenated alkanes) is 2. The first-order valence-electron chi connectivity index (χ1n) is 4.52. The molecule has 0 unspecified atom stereocenters. The van der Waals surface area contributed by atoms with Gasteiger partial charge in [0.2, 0.25) is 0 Å². The number of aliphatic hydroxyl groups is 1. The molecular weight excluding hydrogens is 186 g/mol. The smallest absolute Gasteiger partial charge is 0.396 e. The standard InChI is InChI=1S/C8H13N3O3/c12-7-3-1-2-5-10-6-4-9-8(10)11(13)14/h4,6,12H,1-3,5,7H2. The van der Waals surface area contributed by atoms with Gasteiger partial charge in [-0.25, -0.2) is 4.57 Å². The Morgan fingerprint density at radius 2 is 2.29 bits per heavy atom. The molecule has 14 heavy (non-hydrogen) atoms. The SMILES string of the molecule is O=[N+]([O-])c1nccn1CCCCCO. The Morgan fingerprint density at radius 3 is 2.93 bits per heavy atom. The maximum Gasteiger partial charge on any atom is 0.434 e. The predicted octanol–water partition coefficient (Wildman–Crippen LogP) is 0.954. The Labute approximate surface area is 81.3 Å². The minimum atomic E-state index is -0.494. The lowest BCUT2D eigenvalue weighted by atomic mass is 10.2. The summed E-state index contributed by atoms with van der Waals surface area (Å²) in [5, 5.41) is 19.0. The molecule has 0 amide bonds. The van der Waals surface area contributed by atoms with Crippen LogP contribution in [-0.2, 0) is 6.54 Å². The third kappa shape index (κ3) is 2.81. The fourth-order valence-corrected chi connectivity index (χ4v) is 1.22. The van der Waals surface area contributed by atoms with Gasteiger partial charge in [0.1, 0.15) is 12.4 Å². The zero-order chi connectivity index (χ0) is 10.4. The summed E-state index contributed by atoms with van der Waals surface area (Å²) in [5.41, 5.74) is 0. The molecule has 0 spiro atoms. The number of hydrogen-bond donors (Lipinski definition) is 1. The molecule has 0 aliphatic carbocycles. The van der Waals surface area contributed by atoms with Crippen molar-refractivity contribution in [2.45, 2.75) is 25.8 Å². The zero-order valence-corrected chi connectivity index (χ0v) is 7.80. The van der Waals surface area contributed by atoms with Crippen molar-refractivity contribution >= 4 is 5.95 Å². The van der Waals surface area contributed by atoms with Crippen LogP contribution in [-0.4, -0.2) is 26.2 Å². The Kier molecular flexibility index (Phi) is 4.06. The predicted molar refractivity (Wildman–Crippen MR) is 49.8 cm³/mol. The lowest BCUT2D eigenvalue weighted by Gasteiger charge is -2.00. The minimum Gasteiger partial charge on any atom is -0.396 e. The second kappa shape index (κ2) is 5.33. The molecule has 0 aliphatic heterocycles. The summed E-state index contributed by atoms with van der Waals surface area (Å²) >= 11 is 0. The number of aliphatic hydroxyl groups excluding tert-OH is 1. The molecule has 78 valence electrons. The molecular formula is C8H13N3O3. The van der Waals surface area contributed by atoms with Crippen LogP contribution in [0.5, 0.6) is 0 Å². The van der Waals surface area contributed by atoms with E-state index in [1.165, 1.54) is 10.8 Å². The van der Waals surface area contributed by atoms with Gasteiger partial charge < -0.3 is 15.2 Å². The van der Waals surface area contributed by atoms with Crippen molar-refractivity contribution in [1.82, 2.24) is 9.55 Å². The van der Waals surface area contributed by atoms with Gasteiger partial charge >= 0.3 is 5.95 Å². The summed E-state index contributed by atoms with van der Waals surface area (Å²) in [6, 6.07) is 0. The number of imidazole rings is 1. The lowest BCUT2D eigenvalue weighted by Crippen LogP contribution is -2.03. The van der Waals surface area contributed by atoms with Gasteiger partial charge in [0.25, 0.3) is 0 Å². The van der Waals surface area contributed by atoms with E-state index in [-0.39, 0.29) is 12.6 Å². The highest BCUT2D eigenvalue weighted by Crippen LogP contribution is 2.09. The van der Waals surface area contributed by atoms with Crippen molar-refractivity contribution in [3.8, 4) is 0 Å². The highest BCUT2D eigenvalue weighted by molar-refractivity contribution is 5.06. The summed E-state index contributed by atoms with van der Waals surface area (Å²) in [6.07, 6.45) is 5.44. The van der Waals surface area contributed by atoms with E-state index in [0.29, 0.717) is 6.54 Å². The third-order valence-electron chi connectivity index (χ3n) is 1.91. The largest absolute Gasteiger partial charge is 0.434 e. The first-order valence-corrected chi connectivity index (χ1v) is 4.52. The minimum absolute atomic E-state index is 0.117. The van der Waals surface area contributed by atoms with Crippen LogP contribution < -0.4 is 0 Å². The molecule has 1 rings (SSSR count). The number of hydrogen-bond acceptors (Lipinski definition) is 4. The summed E-state index contributed by atoms with van der Waals surface area (Å²) < 4.78 is 1.51. The van der Waals surface area contributed by atoms with E-state index in [2.05, 4.69) is 4.98 Å². The molecule has 6 nitrogen and oxygen atoms in total. The van der Waals surface area contributed by atoms with Crippen LogP contribution in [0.15, 0.2) is 12.4 Å². The van der Waals surface area contributed by atoms with Crippen LogP contribution in [0.3, 0.4) is 0 Å². The normalized spacial score (nSPS) is 10.4. The molecule has 1 N–H and O–H groups in total. The fraction of sp³-hybridized carbons (Fsp3) is 0.625. The van der Waals surface area contributed by atoms with Crippen molar-refractivity contribution in [2.75, 3.05) is 6.61 Å². The second-order valence-electron chi connectivity index (χ2n) is 2.96. The molecule has 1 aromatic rings. The van der Waals surface area contributed by atoms with E-state index in [1.54, 1.807) is 6.20 Å².